The third-order valence-electron chi connectivity index (χ3n) is 5.48. The van der Waals surface area contributed by atoms with Crippen LogP contribution in [-0.4, -0.2) is 26.4 Å². The first kappa shape index (κ1) is 23.9. The van der Waals surface area contributed by atoms with Gasteiger partial charge in [0.25, 0.3) is 0 Å². The van der Waals surface area contributed by atoms with Crippen LogP contribution in [0.15, 0.2) is 47.6 Å². The van der Waals surface area contributed by atoms with E-state index in [0.717, 1.165) is 22.6 Å². The molecule has 2 aromatic carbocycles. The van der Waals surface area contributed by atoms with Crippen LogP contribution in [0, 0.1) is 13.8 Å². The van der Waals surface area contributed by atoms with Gasteiger partial charge in [0, 0.05) is 12.7 Å². The third kappa shape index (κ3) is 5.71. The minimum absolute atomic E-state index is 0.0727. The van der Waals surface area contributed by atoms with Crippen LogP contribution in [0.4, 0.5) is 5.69 Å². The van der Waals surface area contributed by atoms with E-state index in [1.165, 1.54) is 17.3 Å². The number of hydrogen-bond acceptors (Lipinski definition) is 5. The largest absolute Gasteiger partial charge is 0.483 e. The zero-order valence-electron chi connectivity index (χ0n) is 19.9. The number of carbonyl (C=O) groups is 1. The zero-order chi connectivity index (χ0) is 23.5. The lowest BCUT2D eigenvalue weighted by Crippen LogP contribution is -2.16. The van der Waals surface area contributed by atoms with Gasteiger partial charge >= 0.3 is 0 Å². The van der Waals surface area contributed by atoms with Crippen LogP contribution in [-0.2, 0) is 17.3 Å². The molecule has 0 aliphatic rings. The van der Waals surface area contributed by atoms with Crippen molar-refractivity contribution < 1.29 is 9.53 Å². The van der Waals surface area contributed by atoms with E-state index in [0.29, 0.717) is 11.0 Å². The second kappa shape index (κ2) is 9.77. The molecule has 1 heterocycles. The number of aromatic nitrogens is 3. The van der Waals surface area contributed by atoms with E-state index in [-0.39, 0.29) is 23.2 Å². The van der Waals surface area contributed by atoms with Crippen molar-refractivity contribution >= 4 is 23.4 Å². The van der Waals surface area contributed by atoms with Gasteiger partial charge in [-0.05, 0) is 61.1 Å². The van der Waals surface area contributed by atoms with Gasteiger partial charge in [-0.1, -0.05) is 56.8 Å². The Morgan fingerprint density at radius 2 is 1.81 bits per heavy atom. The second-order valence-electron chi connectivity index (χ2n) is 9.02. The van der Waals surface area contributed by atoms with Crippen molar-refractivity contribution in [1.82, 2.24) is 14.8 Å². The second-order valence-corrected chi connectivity index (χ2v) is 9.96. The van der Waals surface area contributed by atoms with Crippen LogP contribution in [0.3, 0.4) is 0 Å². The Kier molecular flexibility index (Phi) is 7.29. The average molecular weight is 453 g/mol. The number of hydrogen-bond donors (Lipinski definition) is 1. The first-order valence-corrected chi connectivity index (χ1v) is 11.7. The highest BCUT2D eigenvalue weighted by molar-refractivity contribution is 7.99. The molecular formula is C25H32N4O2S. The fourth-order valence-electron chi connectivity index (χ4n) is 3.30. The summed E-state index contributed by atoms with van der Waals surface area (Å²) >= 11 is 1.36. The molecule has 1 unspecified atom stereocenters. The molecule has 32 heavy (non-hydrogen) atoms. The number of nitrogens with one attached hydrogen (secondary N) is 1. The van der Waals surface area contributed by atoms with E-state index in [1.54, 1.807) is 0 Å². The fraction of sp³-hybridized carbons (Fsp3) is 0.400. The minimum atomic E-state index is -0.272. The number of nitrogens with zero attached hydrogens (tertiary/aromatic N) is 3. The quantitative estimate of drug-likeness (QED) is 0.473. The Bertz CT molecular complexity index is 1080. The maximum atomic E-state index is 12.4. The van der Waals surface area contributed by atoms with Gasteiger partial charge < -0.3 is 14.6 Å². The predicted octanol–water partition coefficient (Wildman–Crippen LogP) is 5.60. The van der Waals surface area contributed by atoms with Gasteiger partial charge in [0.1, 0.15) is 5.75 Å². The minimum Gasteiger partial charge on any atom is -0.483 e. The fourth-order valence-corrected chi connectivity index (χ4v) is 4.02. The molecule has 3 aromatic rings. The Hall–Kier alpha value is -2.80. The summed E-state index contributed by atoms with van der Waals surface area (Å²) in [6, 6.07) is 14.0. The number of ether oxygens (including phenoxy) is 1. The van der Waals surface area contributed by atoms with Crippen LogP contribution in [0.1, 0.15) is 56.3 Å². The van der Waals surface area contributed by atoms with Crippen molar-refractivity contribution in [3.63, 3.8) is 0 Å². The molecule has 0 fully saturated rings. The number of amides is 1. The van der Waals surface area contributed by atoms with E-state index >= 15 is 0 Å². The van der Waals surface area contributed by atoms with Crippen molar-refractivity contribution in [2.24, 2.45) is 7.05 Å². The van der Waals surface area contributed by atoms with Gasteiger partial charge in [0.15, 0.2) is 17.1 Å². The molecule has 1 amide bonds. The summed E-state index contributed by atoms with van der Waals surface area (Å²) in [7, 11) is 1.89. The Morgan fingerprint density at radius 3 is 2.47 bits per heavy atom. The molecule has 170 valence electrons. The summed E-state index contributed by atoms with van der Waals surface area (Å²) in [6.07, 6.45) is -0.272. The van der Waals surface area contributed by atoms with E-state index in [9.17, 15) is 4.79 Å². The van der Waals surface area contributed by atoms with Crippen LogP contribution in [0.25, 0.3) is 0 Å². The van der Waals surface area contributed by atoms with Gasteiger partial charge in [-0.25, -0.2) is 0 Å². The first-order valence-electron chi connectivity index (χ1n) is 10.7. The van der Waals surface area contributed by atoms with Crippen LogP contribution in [0.2, 0.25) is 0 Å². The molecule has 0 radical (unpaired) electrons. The van der Waals surface area contributed by atoms with E-state index < -0.39 is 0 Å². The van der Waals surface area contributed by atoms with Crippen LogP contribution >= 0.6 is 11.8 Å². The SMILES string of the molecule is Cc1cccc(NC(=O)CSc2nnc(C(C)Oc3ccc(C(C)(C)C)cc3)n2C)c1C. The zero-order valence-corrected chi connectivity index (χ0v) is 20.7. The normalized spacial score (nSPS) is 12.5. The van der Waals surface area contributed by atoms with Crippen molar-refractivity contribution in [3.05, 3.63) is 65.0 Å². The Labute approximate surface area is 194 Å². The number of thioether (sulfide) groups is 1. The standard InChI is InChI=1S/C25H32N4O2S/c1-16-9-8-10-21(17(16)2)26-22(30)15-32-24-28-27-23(29(24)7)18(3)31-20-13-11-19(12-14-20)25(4,5)6/h8-14,18H,15H2,1-7H3,(H,26,30). The maximum Gasteiger partial charge on any atom is 0.234 e. The van der Waals surface area contributed by atoms with Crippen LogP contribution in [0.5, 0.6) is 5.75 Å². The molecule has 1 aromatic heterocycles. The monoisotopic (exact) mass is 452 g/mol. The predicted molar refractivity (Wildman–Crippen MR) is 130 cm³/mol. The molecular weight excluding hydrogens is 420 g/mol. The number of carbonyl (C=O) groups excluding carboxylic acids is 1. The molecule has 0 aliphatic heterocycles. The lowest BCUT2D eigenvalue weighted by atomic mass is 9.87. The summed E-state index contributed by atoms with van der Waals surface area (Å²) in [6.45, 7) is 12.5. The number of anilines is 1. The smallest absolute Gasteiger partial charge is 0.234 e. The van der Waals surface area contributed by atoms with Gasteiger partial charge in [-0.2, -0.15) is 0 Å². The molecule has 0 spiro atoms. The first-order chi connectivity index (χ1) is 15.1. The highest BCUT2D eigenvalue weighted by atomic mass is 32.2. The van der Waals surface area contributed by atoms with Gasteiger partial charge in [0.2, 0.25) is 5.91 Å². The number of aryl methyl sites for hydroxylation is 1. The molecule has 3 rings (SSSR count). The van der Waals surface area contributed by atoms with Crippen molar-refractivity contribution in [2.75, 3.05) is 11.1 Å². The molecule has 7 heteroatoms. The molecule has 0 saturated carbocycles. The van der Waals surface area contributed by atoms with Crippen molar-refractivity contribution in [2.45, 2.75) is 58.2 Å². The number of rotatable bonds is 7. The molecule has 1 atom stereocenters. The van der Waals surface area contributed by atoms with E-state index in [1.807, 2.05) is 62.7 Å². The molecule has 6 nitrogen and oxygen atoms in total. The summed E-state index contributed by atoms with van der Waals surface area (Å²) in [5.41, 5.74) is 4.43. The summed E-state index contributed by atoms with van der Waals surface area (Å²) < 4.78 is 7.96. The lowest BCUT2D eigenvalue weighted by Gasteiger charge is -2.20. The molecule has 1 N–H and O–H groups in total. The molecule has 0 aliphatic carbocycles. The highest BCUT2D eigenvalue weighted by Crippen LogP contribution is 2.27. The van der Waals surface area contributed by atoms with Crippen molar-refractivity contribution in [3.8, 4) is 5.75 Å². The van der Waals surface area contributed by atoms with Crippen LogP contribution < -0.4 is 10.1 Å². The van der Waals surface area contributed by atoms with Gasteiger partial charge in [0.05, 0.1) is 5.75 Å². The number of benzene rings is 2. The van der Waals surface area contributed by atoms with E-state index in [4.69, 9.17) is 4.74 Å². The molecule has 0 bridgehead atoms. The topological polar surface area (TPSA) is 69.0 Å². The summed E-state index contributed by atoms with van der Waals surface area (Å²) in [5.74, 6) is 1.68. The van der Waals surface area contributed by atoms with E-state index in [2.05, 4.69) is 48.4 Å². The summed E-state index contributed by atoms with van der Waals surface area (Å²) in [5, 5.41) is 12.2. The van der Waals surface area contributed by atoms with Crippen molar-refractivity contribution in [1.29, 1.82) is 0 Å². The average Bonchev–Trinajstić information content (AvgIpc) is 3.10. The Balaban J connectivity index is 1.59. The van der Waals surface area contributed by atoms with Gasteiger partial charge in [-0.15, -0.1) is 10.2 Å². The lowest BCUT2D eigenvalue weighted by molar-refractivity contribution is -0.113. The summed E-state index contributed by atoms with van der Waals surface area (Å²) in [4.78, 5) is 12.4. The highest BCUT2D eigenvalue weighted by Gasteiger charge is 2.19. The maximum absolute atomic E-state index is 12.4. The third-order valence-corrected chi connectivity index (χ3v) is 6.50. The Morgan fingerprint density at radius 1 is 1.12 bits per heavy atom. The molecule has 0 saturated heterocycles. The van der Waals surface area contributed by atoms with Gasteiger partial charge in [-0.3, -0.25) is 4.79 Å².